The Morgan fingerprint density at radius 3 is 2.33 bits per heavy atom. The van der Waals surface area contributed by atoms with Gasteiger partial charge in [0.05, 0.1) is 0 Å². The van der Waals surface area contributed by atoms with E-state index in [9.17, 15) is 4.79 Å². The Kier molecular flexibility index (Phi) is 2.50. The molecule has 0 aliphatic heterocycles. The van der Waals surface area contributed by atoms with Gasteiger partial charge in [0.15, 0.2) is 0 Å². The van der Waals surface area contributed by atoms with Gasteiger partial charge in [-0.3, -0.25) is 4.79 Å². The van der Waals surface area contributed by atoms with Gasteiger partial charge in [-0.05, 0) is 35.4 Å². The first kappa shape index (κ1) is 9.46. The van der Waals surface area contributed by atoms with Gasteiger partial charge in [-0.1, -0.05) is 30.3 Å². The topological polar surface area (TPSA) is 43.1 Å². The van der Waals surface area contributed by atoms with Crippen molar-refractivity contribution >= 4 is 5.91 Å². The molecule has 0 saturated carbocycles. The van der Waals surface area contributed by atoms with E-state index in [1.807, 2.05) is 36.4 Å². The quantitative estimate of drug-likeness (QED) is 0.786. The van der Waals surface area contributed by atoms with Crippen LogP contribution in [0.2, 0.25) is 0 Å². The van der Waals surface area contributed by atoms with Crippen LogP contribution in [0, 0.1) is 6.07 Å². The number of nitrogens with two attached hydrogens (primary N) is 1. The Morgan fingerprint density at radius 2 is 1.80 bits per heavy atom. The summed E-state index contributed by atoms with van der Waals surface area (Å²) < 4.78 is 0. The molecule has 1 radical (unpaired) electrons. The third-order valence-corrected chi connectivity index (χ3v) is 2.21. The number of primary amides is 1. The average molecular weight is 196 g/mol. The zero-order chi connectivity index (χ0) is 10.7. The molecule has 2 aromatic rings. The summed E-state index contributed by atoms with van der Waals surface area (Å²) in [6.07, 6.45) is 0. The number of hydrogen-bond donors (Lipinski definition) is 1. The minimum Gasteiger partial charge on any atom is -0.366 e. The summed E-state index contributed by atoms with van der Waals surface area (Å²) in [5.41, 5.74) is 7.81. The second-order valence-corrected chi connectivity index (χ2v) is 3.23. The van der Waals surface area contributed by atoms with Crippen LogP contribution in [0.3, 0.4) is 0 Å². The summed E-state index contributed by atoms with van der Waals surface area (Å²) >= 11 is 0. The molecular weight excluding hydrogens is 186 g/mol. The normalized spacial score (nSPS) is 9.87. The largest absolute Gasteiger partial charge is 0.366 e. The number of carbonyl (C=O) groups is 1. The number of rotatable bonds is 2. The van der Waals surface area contributed by atoms with E-state index in [1.54, 1.807) is 12.1 Å². The van der Waals surface area contributed by atoms with Gasteiger partial charge in [-0.25, -0.2) is 0 Å². The van der Waals surface area contributed by atoms with E-state index in [-0.39, 0.29) is 0 Å². The summed E-state index contributed by atoms with van der Waals surface area (Å²) in [6, 6.07) is 17.9. The number of amides is 1. The van der Waals surface area contributed by atoms with Crippen LogP contribution >= 0.6 is 0 Å². The monoisotopic (exact) mass is 196 g/mol. The van der Waals surface area contributed by atoms with Gasteiger partial charge in [0.2, 0.25) is 5.91 Å². The van der Waals surface area contributed by atoms with Crippen LogP contribution in [-0.4, -0.2) is 5.91 Å². The maximum Gasteiger partial charge on any atom is 0.248 e. The molecule has 0 heterocycles. The molecule has 0 atom stereocenters. The molecule has 0 spiro atoms. The lowest BCUT2D eigenvalue weighted by Crippen LogP contribution is -2.10. The number of carbonyl (C=O) groups excluding carboxylic acids is 1. The molecular formula is C13H10NO. The molecule has 0 aromatic heterocycles. The van der Waals surface area contributed by atoms with Crippen LogP contribution in [0.25, 0.3) is 11.1 Å². The molecule has 73 valence electrons. The average Bonchev–Trinajstić information content (AvgIpc) is 2.30. The van der Waals surface area contributed by atoms with Crippen LogP contribution in [0.15, 0.2) is 48.5 Å². The Hall–Kier alpha value is -2.09. The molecule has 1 amide bonds. The van der Waals surface area contributed by atoms with E-state index >= 15 is 0 Å². The summed E-state index contributed by atoms with van der Waals surface area (Å²) in [5.74, 6) is -0.402. The van der Waals surface area contributed by atoms with Crippen molar-refractivity contribution in [2.75, 3.05) is 0 Å². The van der Waals surface area contributed by atoms with Gasteiger partial charge in [0, 0.05) is 5.56 Å². The highest BCUT2D eigenvalue weighted by Gasteiger charge is 2.00. The van der Waals surface area contributed by atoms with Crippen LogP contribution in [0.4, 0.5) is 0 Å². The van der Waals surface area contributed by atoms with Crippen molar-refractivity contribution in [1.29, 1.82) is 0 Å². The van der Waals surface area contributed by atoms with Crippen LogP contribution in [0.1, 0.15) is 10.4 Å². The summed E-state index contributed by atoms with van der Waals surface area (Å²) in [5, 5.41) is 0. The second kappa shape index (κ2) is 3.96. The SMILES string of the molecule is NC(=O)c1ccc(-c2c[c]ccc2)cc1. The first-order valence-corrected chi connectivity index (χ1v) is 4.64. The van der Waals surface area contributed by atoms with Gasteiger partial charge >= 0.3 is 0 Å². The number of hydrogen-bond acceptors (Lipinski definition) is 1. The van der Waals surface area contributed by atoms with Crippen molar-refractivity contribution in [3.63, 3.8) is 0 Å². The smallest absolute Gasteiger partial charge is 0.248 e. The van der Waals surface area contributed by atoms with Gasteiger partial charge in [-0.2, -0.15) is 0 Å². The lowest BCUT2D eigenvalue weighted by molar-refractivity contribution is 0.100. The maximum absolute atomic E-state index is 10.9. The molecule has 0 fully saturated rings. The predicted molar refractivity (Wildman–Crippen MR) is 59.2 cm³/mol. The fourth-order valence-corrected chi connectivity index (χ4v) is 1.40. The van der Waals surface area contributed by atoms with Crippen molar-refractivity contribution in [2.24, 2.45) is 5.73 Å². The van der Waals surface area contributed by atoms with E-state index in [1.165, 1.54) is 0 Å². The minimum atomic E-state index is -0.402. The Balaban J connectivity index is 2.36. The number of benzene rings is 2. The maximum atomic E-state index is 10.9. The summed E-state index contributed by atoms with van der Waals surface area (Å²) in [6.45, 7) is 0. The molecule has 2 nitrogen and oxygen atoms in total. The highest BCUT2D eigenvalue weighted by atomic mass is 16.1. The lowest BCUT2D eigenvalue weighted by atomic mass is 10.0. The van der Waals surface area contributed by atoms with Crippen LogP contribution in [0.5, 0.6) is 0 Å². The van der Waals surface area contributed by atoms with Crippen molar-refractivity contribution in [1.82, 2.24) is 0 Å². The Labute approximate surface area is 88.4 Å². The molecule has 15 heavy (non-hydrogen) atoms. The van der Waals surface area contributed by atoms with E-state index in [0.717, 1.165) is 11.1 Å². The Morgan fingerprint density at radius 1 is 1.07 bits per heavy atom. The highest BCUT2D eigenvalue weighted by Crippen LogP contribution is 2.18. The van der Waals surface area contributed by atoms with E-state index < -0.39 is 5.91 Å². The third kappa shape index (κ3) is 2.05. The van der Waals surface area contributed by atoms with Crippen molar-refractivity contribution in [2.45, 2.75) is 0 Å². The fourth-order valence-electron chi connectivity index (χ4n) is 1.40. The van der Waals surface area contributed by atoms with Gasteiger partial charge in [0.1, 0.15) is 0 Å². The second-order valence-electron chi connectivity index (χ2n) is 3.23. The molecule has 0 bridgehead atoms. The van der Waals surface area contributed by atoms with Crippen molar-refractivity contribution in [3.05, 3.63) is 60.2 Å². The standard InChI is InChI=1S/C13H10NO/c14-13(15)12-8-6-11(7-9-12)10-4-2-1-3-5-10/h1-2,4-9H,(H2,14,15). The van der Waals surface area contributed by atoms with E-state index in [4.69, 9.17) is 5.73 Å². The van der Waals surface area contributed by atoms with Crippen LogP contribution in [-0.2, 0) is 0 Å². The predicted octanol–water partition coefficient (Wildman–Crippen LogP) is 2.25. The molecule has 2 rings (SSSR count). The molecule has 0 unspecified atom stereocenters. The molecule has 2 aromatic carbocycles. The lowest BCUT2D eigenvalue weighted by Gasteiger charge is -2.01. The first-order valence-electron chi connectivity index (χ1n) is 4.64. The zero-order valence-corrected chi connectivity index (χ0v) is 8.10. The third-order valence-electron chi connectivity index (χ3n) is 2.21. The Bertz CT molecular complexity index is 460. The fraction of sp³-hybridized carbons (Fsp3) is 0. The zero-order valence-electron chi connectivity index (χ0n) is 8.10. The molecule has 0 aliphatic carbocycles. The first-order chi connectivity index (χ1) is 7.27. The highest BCUT2D eigenvalue weighted by molar-refractivity contribution is 5.93. The van der Waals surface area contributed by atoms with Crippen LogP contribution < -0.4 is 5.73 Å². The molecule has 2 heteroatoms. The van der Waals surface area contributed by atoms with Crippen molar-refractivity contribution in [3.8, 4) is 11.1 Å². The molecule has 0 saturated heterocycles. The van der Waals surface area contributed by atoms with Gasteiger partial charge in [-0.15, -0.1) is 0 Å². The minimum absolute atomic E-state index is 0.402. The van der Waals surface area contributed by atoms with E-state index in [2.05, 4.69) is 6.07 Å². The summed E-state index contributed by atoms with van der Waals surface area (Å²) in [7, 11) is 0. The van der Waals surface area contributed by atoms with Gasteiger partial charge < -0.3 is 5.73 Å². The van der Waals surface area contributed by atoms with Gasteiger partial charge in [0.25, 0.3) is 0 Å². The summed E-state index contributed by atoms with van der Waals surface area (Å²) in [4.78, 5) is 10.9. The molecule has 2 N–H and O–H groups in total. The molecule has 0 aliphatic rings. The van der Waals surface area contributed by atoms with Crippen molar-refractivity contribution < 1.29 is 4.79 Å². The van der Waals surface area contributed by atoms with E-state index in [0.29, 0.717) is 5.56 Å².